The first-order chi connectivity index (χ1) is 13.7. The van der Waals surface area contributed by atoms with E-state index in [0.29, 0.717) is 16.1 Å². The molecule has 6 heteroatoms. The van der Waals surface area contributed by atoms with Gasteiger partial charge in [-0.3, -0.25) is 4.79 Å². The Morgan fingerprint density at radius 1 is 1.07 bits per heavy atom. The van der Waals surface area contributed by atoms with Gasteiger partial charge in [0.25, 0.3) is 0 Å². The standard InChI is InChI=1S/C22H16N2O3S/c1-24-19-15-8-4-3-6-13(15)10-11-18(19)28-22(24)23-21(25)17-12-14-7-5-9-16(26-2)20(14)27-17/h3-12H,1-2H3. The zero-order chi connectivity index (χ0) is 19.3. The van der Waals surface area contributed by atoms with Crippen LogP contribution in [0, 0.1) is 0 Å². The number of carbonyl (C=O) groups is 1. The fourth-order valence-electron chi connectivity index (χ4n) is 3.47. The monoisotopic (exact) mass is 388 g/mol. The first-order valence-electron chi connectivity index (χ1n) is 8.78. The van der Waals surface area contributed by atoms with Crippen molar-refractivity contribution in [2.24, 2.45) is 12.0 Å². The maximum atomic E-state index is 12.8. The van der Waals surface area contributed by atoms with Crippen molar-refractivity contribution in [1.82, 2.24) is 4.57 Å². The molecule has 5 aromatic rings. The molecule has 1 amide bonds. The van der Waals surface area contributed by atoms with Crippen LogP contribution in [0.1, 0.15) is 10.6 Å². The Bertz CT molecular complexity index is 1440. The van der Waals surface area contributed by atoms with Crippen molar-refractivity contribution in [3.8, 4) is 5.75 Å². The summed E-state index contributed by atoms with van der Waals surface area (Å²) in [6, 6.07) is 19.6. The molecular weight excluding hydrogens is 372 g/mol. The number of amides is 1. The molecule has 3 aromatic carbocycles. The average molecular weight is 388 g/mol. The predicted molar refractivity (Wildman–Crippen MR) is 111 cm³/mol. The van der Waals surface area contributed by atoms with Crippen LogP contribution in [0.2, 0.25) is 0 Å². The first-order valence-corrected chi connectivity index (χ1v) is 9.60. The Morgan fingerprint density at radius 3 is 2.75 bits per heavy atom. The Morgan fingerprint density at radius 2 is 1.89 bits per heavy atom. The van der Waals surface area contributed by atoms with Gasteiger partial charge in [-0.1, -0.05) is 53.8 Å². The van der Waals surface area contributed by atoms with Gasteiger partial charge in [0.1, 0.15) is 0 Å². The van der Waals surface area contributed by atoms with Crippen LogP contribution < -0.4 is 9.54 Å². The van der Waals surface area contributed by atoms with Crippen LogP contribution in [0.15, 0.2) is 70.1 Å². The van der Waals surface area contributed by atoms with Gasteiger partial charge in [-0.25, -0.2) is 0 Å². The summed E-state index contributed by atoms with van der Waals surface area (Å²) in [5, 5.41) is 3.11. The minimum atomic E-state index is -0.412. The van der Waals surface area contributed by atoms with Crippen LogP contribution in [0.3, 0.4) is 0 Å². The molecule has 0 unspecified atom stereocenters. The van der Waals surface area contributed by atoms with Crippen molar-refractivity contribution in [1.29, 1.82) is 0 Å². The number of thiazole rings is 1. The fourth-order valence-corrected chi connectivity index (χ4v) is 4.50. The predicted octanol–water partition coefficient (Wildman–Crippen LogP) is 4.89. The van der Waals surface area contributed by atoms with E-state index in [9.17, 15) is 4.79 Å². The summed E-state index contributed by atoms with van der Waals surface area (Å²) in [7, 11) is 3.50. The topological polar surface area (TPSA) is 56.7 Å². The van der Waals surface area contributed by atoms with Crippen LogP contribution in [-0.4, -0.2) is 17.6 Å². The third kappa shape index (κ3) is 2.53. The number of aromatic nitrogens is 1. The molecule has 0 saturated carbocycles. The lowest BCUT2D eigenvalue weighted by Crippen LogP contribution is -2.13. The van der Waals surface area contributed by atoms with E-state index in [1.165, 1.54) is 11.3 Å². The van der Waals surface area contributed by atoms with Gasteiger partial charge in [0, 0.05) is 17.8 Å². The van der Waals surface area contributed by atoms with E-state index >= 15 is 0 Å². The zero-order valence-corrected chi connectivity index (χ0v) is 16.1. The van der Waals surface area contributed by atoms with Crippen molar-refractivity contribution in [2.75, 3.05) is 7.11 Å². The van der Waals surface area contributed by atoms with Crippen molar-refractivity contribution in [3.05, 3.63) is 71.2 Å². The van der Waals surface area contributed by atoms with Gasteiger partial charge in [0.05, 0.1) is 17.3 Å². The molecule has 0 N–H and O–H groups in total. The van der Waals surface area contributed by atoms with E-state index < -0.39 is 5.91 Å². The summed E-state index contributed by atoms with van der Waals surface area (Å²) in [5.74, 6) is 0.377. The second kappa shape index (κ2) is 6.35. The van der Waals surface area contributed by atoms with Gasteiger partial charge in [-0.2, -0.15) is 4.99 Å². The van der Waals surface area contributed by atoms with Crippen molar-refractivity contribution >= 4 is 49.2 Å². The number of benzene rings is 3. The summed E-state index contributed by atoms with van der Waals surface area (Å²) in [6.07, 6.45) is 0. The number of hydrogen-bond acceptors (Lipinski definition) is 4. The smallest absolute Gasteiger partial charge is 0.315 e. The molecule has 0 aliphatic heterocycles. The van der Waals surface area contributed by atoms with E-state index in [1.807, 2.05) is 35.9 Å². The number of carbonyl (C=O) groups excluding carboxylic acids is 1. The van der Waals surface area contributed by atoms with Crippen LogP contribution in [0.25, 0.3) is 32.0 Å². The molecule has 28 heavy (non-hydrogen) atoms. The lowest BCUT2D eigenvalue weighted by atomic mass is 10.1. The van der Waals surface area contributed by atoms with Gasteiger partial charge in [0.2, 0.25) is 0 Å². The van der Waals surface area contributed by atoms with Gasteiger partial charge >= 0.3 is 5.91 Å². The Labute approximate surface area is 164 Å². The lowest BCUT2D eigenvalue weighted by molar-refractivity contribution is 0.0973. The molecule has 0 bridgehead atoms. The van der Waals surface area contributed by atoms with Crippen LogP contribution in [-0.2, 0) is 7.05 Å². The van der Waals surface area contributed by atoms with E-state index in [1.54, 1.807) is 19.2 Å². The van der Waals surface area contributed by atoms with E-state index in [-0.39, 0.29) is 5.76 Å². The lowest BCUT2D eigenvalue weighted by Gasteiger charge is -2.01. The minimum absolute atomic E-state index is 0.196. The highest BCUT2D eigenvalue weighted by molar-refractivity contribution is 7.16. The first kappa shape index (κ1) is 16.8. The summed E-state index contributed by atoms with van der Waals surface area (Å²) in [4.78, 5) is 17.7. The molecule has 0 saturated heterocycles. The maximum Gasteiger partial charge on any atom is 0.315 e. The van der Waals surface area contributed by atoms with Crippen LogP contribution >= 0.6 is 11.3 Å². The quantitative estimate of drug-likeness (QED) is 0.433. The summed E-state index contributed by atoms with van der Waals surface area (Å²) in [6.45, 7) is 0. The SMILES string of the molecule is COc1cccc2cc(C(=O)N=c3sc4ccc5ccccc5c4n3C)oc12. The Balaban J connectivity index is 1.66. The normalized spacial score (nSPS) is 12.3. The molecule has 0 aliphatic carbocycles. The van der Waals surface area contributed by atoms with Crippen molar-refractivity contribution in [3.63, 3.8) is 0 Å². The van der Waals surface area contributed by atoms with Gasteiger partial charge in [-0.05, 0) is 23.6 Å². The third-order valence-corrected chi connectivity index (χ3v) is 5.92. The number of fused-ring (bicyclic) bond motifs is 4. The Hall–Kier alpha value is -3.38. The molecule has 138 valence electrons. The number of aryl methyl sites for hydroxylation is 1. The molecule has 5 rings (SSSR count). The van der Waals surface area contributed by atoms with Crippen molar-refractivity contribution < 1.29 is 13.9 Å². The minimum Gasteiger partial charge on any atom is -0.493 e. The fraction of sp³-hybridized carbons (Fsp3) is 0.0909. The number of nitrogens with zero attached hydrogens (tertiary/aromatic N) is 2. The number of para-hydroxylation sites is 1. The number of furan rings is 1. The Kier molecular flexibility index (Phi) is 3.80. The molecule has 0 spiro atoms. The molecule has 0 atom stereocenters. The number of rotatable bonds is 2. The maximum absolute atomic E-state index is 12.8. The molecular formula is C22H16N2O3S. The molecule has 5 nitrogen and oxygen atoms in total. The second-order valence-corrected chi connectivity index (χ2v) is 7.49. The molecule has 0 radical (unpaired) electrons. The van der Waals surface area contributed by atoms with Crippen molar-refractivity contribution in [2.45, 2.75) is 0 Å². The summed E-state index contributed by atoms with van der Waals surface area (Å²) >= 11 is 1.49. The summed E-state index contributed by atoms with van der Waals surface area (Å²) in [5.41, 5.74) is 1.62. The number of hydrogen-bond donors (Lipinski definition) is 0. The van der Waals surface area contributed by atoms with Gasteiger partial charge in [0.15, 0.2) is 21.9 Å². The highest BCUT2D eigenvalue weighted by Crippen LogP contribution is 2.29. The second-order valence-electron chi connectivity index (χ2n) is 6.48. The van der Waals surface area contributed by atoms with Gasteiger partial charge < -0.3 is 13.7 Å². The molecule has 2 heterocycles. The van der Waals surface area contributed by atoms with Crippen LogP contribution in [0.5, 0.6) is 5.75 Å². The van der Waals surface area contributed by atoms with E-state index in [0.717, 1.165) is 26.4 Å². The largest absolute Gasteiger partial charge is 0.493 e. The average Bonchev–Trinajstić information content (AvgIpc) is 3.29. The highest BCUT2D eigenvalue weighted by Gasteiger charge is 2.15. The third-order valence-electron chi connectivity index (χ3n) is 4.82. The highest BCUT2D eigenvalue weighted by atomic mass is 32.1. The van der Waals surface area contributed by atoms with E-state index in [4.69, 9.17) is 9.15 Å². The number of ether oxygens (including phenoxy) is 1. The summed E-state index contributed by atoms with van der Waals surface area (Å²) < 4.78 is 14.1. The zero-order valence-electron chi connectivity index (χ0n) is 15.3. The van der Waals surface area contributed by atoms with E-state index in [2.05, 4.69) is 29.3 Å². The molecule has 0 aliphatic rings. The van der Waals surface area contributed by atoms with Gasteiger partial charge in [-0.15, -0.1) is 0 Å². The number of methoxy groups -OCH3 is 1. The molecule has 2 aromatic heterocycles. The van der Waals surface area contributed by atoms with Crippen LogP contribution in [0.4, 0.5) is 0 Å². The molecule has 0 fully saturated rings.